The van der Waals surface area contributed by atoms with Gasteiger partial charge in [0.25, 0.3) is 0 Å². The number of aliphatic hydroxyl groups is 1. The third-order valence-electron chi connectivity index (χ3n) is 7.19. The van der Waals surface area contributed by atoms with E-state index < -0.39 is 47.1 Å². The molecule has 0 spiro atoms. The van der Waals surface area contributed by atoms with Crippen molar-refractivity contribution >= 4 is 23.6 Å². The van der Waals surface area contributed by atoms with Crippen LogP contribution in [0, 0.1) is 17.3 Å². The molecule has 2 rings (SSSR count). The quantitative estimate of drug-likeness (QED) is 0.319. The number of unbranched alkanes of at least 4 members (excludes halogenated alkanes) is 2. The molecule has 1 saturated carbocycles. The first-order valence-electron chi connectivity index (χ1n) is 12.5. The Morgan fingerprint density at radius 3 is 2.40 bits per heavy atom. The number of rotatable bonds is 12. The molecule has 2 aliphatic rings. The average Bonchev–Trinajstić information content (AvgIpc) is 3.39. The summed E-state index contributed by atoms with van der Waals surface area (Å²) in [5, 5.41) is 13.2. The highest BCUT2D eigenvalue weighted by Gasteiger charge is 2.59. The van der Waals surface area contributed by atoms with E-state index in [4.69, 9.17) is 4.74 Å². The first-order chi connectivity index (χ1) is 16.3. The Balaban J connectivity index is 2.23. The maximum Gasteiger partial charge on any atom is 0.408 e. The van der Waals surface area contributed by atoms with Crippen molar-refractivity contribution in [2.24, 2.45) is 17.3 Å². The van der Waals surface area contributed by atoms with E-state index in [1.54, 1.807) is 39.8 Å². The van der Waals surface area contributed by atoms with Crippen LogP contribution in [-0.2, 0) is 19.1 Å². The third-order valence-corrected chi connectivity index (χ3v) is 7.19. The Morgan fingerprint density at radius 1 is 1.23 bits per heavy atom. The predicted molar refractivity (Wildman–Crippen MR) is 134 cm³/mol. The summed E-state index contributed by atoms with van der Waals surface area (Å²) in [7, 11) is 0. The molecule has 1 saturated heterocycles. The van der Waals surface area contributed by atoms with Gasteiger partial charge in [-0.3, -0.25) is 14.4 Å². The zero-order valence-corrected chi connectivity index (χ0v) is 21.8. The molecule has 0 aromatic carbocycles. The zero-order valence-electron chi connectivity index (χ0n) is 21.8. The van der Waals surface area contributed by atoms with E-state index >= 15 is 0 Å². The van der Waals surface area contributed by atoms with Crippen molar-refractivity contribution < 1.29 is 29.0 Å². The molecule has 1 aliphatic heterocycles. The van der Waals surface area contributed by atoms with Gasteiger partial charge in [0, 0.05) is 24.3 Å². The standard InChI is InChI=1S/C27H42N2O6/c1-8-10-11-12-13-20(28-25(34)35-26(5,6)7)24(33)29-16-22(32)17(3)23(29)21(31)15-27(18(4)30)14-19(27)9-2/h8-9,17,19-20,22-23,32H,1-2,10-16H2,3-7H3,(H,28,34)/t17?,19-,20+,22+,23+,27+/m1/s1. The molecule has 2 amide bonds. The number of β-amino-alcohol motifs (C(OH)–C–C–N with tert-alkyl or cyclic N) is 1. The van der Waals surface area contributed by atoms with Crippen molar-refractivity contribution in [1.29, 1.82) is 0 Å². The monoisotopic (exact) mass is 490 g/mol. The number of Topliss-reactive ketones (excluding diaryl/α,β-unsaturated/α-hetero) is 2. The van der Waals surface area contributed by atoms with Crippen molar-refractivity contribution in [2.45, 2.75) is 96.9 Å². The molecule has 0 aromatic rings. The largest absolute Gasteiger partial charge is 0.444 e. The fourth-order valence-electron chi connectivity index (χ4n) is 5.00. The lowest BCUT2D eigenvalue weighted by molar-refractivity contribution is -0.141. The number of likely N-dealkylation sites (tertiary alicyclic amines) is 1. The molecule has 0 bridgehead atoms. The first kappa shape index (κ1) is 28.8. The molecule has 0 radical (unpaired) electrons. The van der Waals surface area contributed by atoms with E-state index in [0.29, 0.717) is 19.3 Å². The van der Waals surface area contributed by atoms with Gasteiger partial charge in [-0.1, -0.05) is 25.5 Å². The number of ketones is 2. The zero-order chi connectivity index (χ0) is 26.6. The van der Waals surface area contributed by atoms with Crippen molar-refractivity contribution in [3.05, 3.63) is 25.3 Å². The van der Waals surface area contributed by atoms with Crippen LogP contribution in [0.1, 0.15) is 73.1 Å². The minimum absolute atomic E-state index is 0.00643. The van der Waals surface area contributed by atoms with Gasteiger partial charge in [-0.25, -0.2) is 4.79 Å². The molecule has 35 heavy (non-hydrogen) atoms. The number of carbonyl (C=O) groups is 4. The molecule has 8 nitrogen and oxygen atoms in total. The van der Waals surface area contributed by atoms with Crippen LogP contribution in [0.5, 0.6) is 0 Å². The van der Waals surface area contributed by atoms with Gasteiger partial charge < -0.3 is 20.1 Å². The van der Waals surface area contributed by atoms with Crippen LogP contribution in [0.3, 0.4) is 0 Å². The van der Waals surface area contributed by atoms with E-state index in [0.717, 1.165) is 12.8 Å². The van der Waals surface area contributed by atoms with E-state index in [1.165, 1.54) is 11.8 Å². The SMILES string of the molecule is C=CCCCC[C@H](NC(=O)OC(C)(C)C)C(=O)N1C[C@H](O)C(C)[C@H]1C(=O)C[C@]1(C(C)=O)C[C@H]1C=C. The molecule has 0 aromatic heterocycles. The van der Waals surface area contributed by atoms with Crippen LogP contribution < -0.4 is 5.32 Å². The number of carbonyl (C=O) groups excluding carboxylic acids is 4. The third kappa shape index (κ3) is 7.03. The second-order valence-corrected chi connectivity index (χ2v) is 11.0. The van der Waals surface area contributed by atoms with Gasteiger partial charge in [-0.05, 0) is 59.3 Å². The van der Waals surface area contributed by atoms with Crippen LogP contribution in [0.25, 0.3) is 0 Å². The second kappa shape index (κ2) is 11.5. The summed E-state index contributed by atoms with van der Waals surface area (Å²) in [6.45, 7) is 15.9. The number of hydrogen-bond donors (Lipinski definition) is 2. The lowest BCUT2D eigenvalue weighted by atomic mass is 9.86. The fraction of sp³-hybridized carbons (Fsp3) is 0.704. The maximum absolute atomic E-state index is 13.6. The molecular weight excluding hydrogens is 448 g/mol. The second-order valence-electron chi connectivity index (χ2n) is 11.0. The summed E-state index contributed by atoms with van der Waals surface area (Å²) in [6, 6.07) is -1.76. The highest BCUT2D eigenvalue weighted by atomic mass is 16.6. The summed E-state index contributed by atoms with van der Waals surface area (Å²) < 4.78 is 5.35. The Bertz CT molecular complexity index is 847. The van der Waals surface area contributed by atoms with Crippen molar-refractivity contribution in [3.8, 4) is 0 Å². The average molecular weight is 491 g/mol. The molecule has 1 unspecified atom stereocenters. The van der Waals surface area contributed by atoms with Gasteiger partial charge in [-0.15, -0.1) is 13.2 Å². The van der Waals surface area contributed by atoms with Crippen LogP contribution in [0.15, 0.2) is 25.3 Å². The van der Waals surface area contributed by atoms with E-state index in [1.807, 2.05) is 0 Å². The highest BCUT2D eigenvalue weighted by molar-refractivity contribution is 5.97. The van der Waals surface area contributed by atoms with Crippen LogP contribution in [-0.4, -0.2) is 63.9 Å². The summed E-state index contributed by atoms with van der Waals surface area (Å²) in [5.74, 6) is -1.28. The van der Waals surface area contributed by atoms with E-state index in [2.05, 4.69) is 18.5 Å². The number of nitrogens with one attached hydrogen (secondary N) is 1. The Morgan fingerprint density at radius 2 is 1.89 bits per heavy atom. The Kier molecular flexibility index (Phi) is 9.45. The van der Waals surface area contributed by atoms with Crippen molar-refractivity contribution in [1.82, 2.24) is 10.2 Å². The van der Waals surface area contributed by atoms with Crippen molar-refractivity contribution in [3.63, 3.8) is 0 Å². The number of aliphatic hydroxyl groups excluding tert-OH is 1. The maximum atomic E-state index is 13.6. The van der Waals surface area contributed by atoms with Gasteiger partial charge in [0.15, 0.2) is 5.78 Å². The number of hydrogen-bond acceptors (Lipinski definition) is 6. The van der Waals surface area contributed by atoms with Crippen LogP contribution in [0.4, 0.5) is 4.79 Å². The summed E-state index contributed by atoms with van der Waals surface area (Å²) >= 11 is 0. The fourth-order valence-corrected chi connectivity index (χ4v) is 5.00. The minimum atomic E-state index is -0.897. The predicted octanol–water partition coefficient (Wildman–Crippen LogP) is 3.57. The minimum Gasteiger partial charge on any atom is -0.444 e. The first-order valence-corrected chi connectivity index (χ1v) is 12.5. The molecule has 2 N–H and O–H groups in total. The molecule has 1 heterocycles. The van der Waals surface area contributed by atoms with E-state index in [-0.39, 0.29) is 30.4 Å². The summed E-state index contributed by atoms with van der Waals surface area (Å²) in [4.78, 5) is 53.3. The van der Waals surface area contributed by atoms with Crippen LogP contribution in [0.2, 0.25) is 0 Å². The molecule has 1 aliphatic carbocycles. The van der Waals surface area contributed by atoms with Crippen LogP contribution >= 0.6 is 0 Å². The van der Waals surface area contributed by atoms with Gasteiger partial charge in [0.05, 0.1) is 12.1 Å². The van der Waals surface area contributed by atoms with Crippen molar-refractivity contribution in [2.75, 3.05) is 6.54 Å². The normalized spacial score (nSPS) is 28.7. The van der Waals surface area contributed by atoms with Gasteiger partial charge in [-0.2, -0.15) is 0 Å². The topological polar surface area (TPSA) is 113 Å². The Hall–Kier alpha value is -2.48. The van der Waals surface area contributed by atoms with Gasteiger partial charge in [0.1, 0.15) is 17.4 Å². The summed E-state index contributed by atoms with van der Waals surface area (Å²) in [6.07, 6.45) is 5.10. The summed E-state index contributed by atoms with van der Waals surface area (Å²) in [5.41, 5.74) is -1.50. The van der Waals surface area contributed by atoms with E-state index in [9.17, 15) is 24.3 Å². The lowest BCUT2D eigenvalue weighted by Crippen LogP contribution is -2.53. The molecule has 8 heteroatoms. The number of nitrogens with zero attached hydrogens (tertiary/aromatic N) is 1. The highest BCUT2D eigenvalue weighted by Crippen LogP contribution is 2.57. The number of ether oxygens (including phenoxy) is 1. The smallest absolute Gasteiger partial charge is 0.408 e. The Labute approximate surface area is 209 Å². The van der Waals surface area contributed by atoms with Gasteiger partial charge >= 0.3 is 6.09 Å². The molecular formula is C27H42N2O6. The molecule has 2 fully saturated rings. The number of amides is 2. The lowest BCUT2D eigenvalue weighted by Gasteiger charge is -2.31. The van der Waals surface area contributed by atoms with Gasteiger partial charge in [0.2, 0.25) is 5.91 Å². The molecule has 196 valence electrons. The molecule has 6 atom stereocenters. The number of allylic oxidation sites excluding steroid dienone is 2. The number of alkyl carbamates (subject to hydrolysis) is 1.